The molecule has 154 valence electrons. The average molecular weight is 411 g/mol. The van der Waals surface area contributed by atoms with Crippen molar-refractivity contribution in [2.24, 2.45) is 0 Å². The van der Waals surface area contributed by atoms with Gasteiger partial charge in [-0.1, -0.05) is 30.3 Å². The van der Waals surface area contributed by atoms with Crippen molar-refractivity contribution >= 4 is 11.7 Å². The molecule has 4 nitrogen and oxygen atoms in total. The molecule has 30 heavy (non-hydrogen) atoms. The van der Waals surface area contributed by atoms with Gasteiger partial charge in [0.2, 0.25) is 0 Å². The molecule has 0 unspecified atom stereocenters. The van der Waals surface area contributed by atoms with Crippen molar-refractivity contribution in [2.75, 3.05) is 31.1 Å². The van der Waals surface area contributed by atoms with Gasteiger partial charge in [0.1, 0.15) is 5.82 Å². The third-order valence-electron chi connectivity index (χ3n) is 5.17. The second kappa shape index (κ2) is 8.18. The molecule has 0 bridgehead atoms. The third kappa shape index (κ3) is 4.30. The molecule has 0 radical (unpaired) electrons. The van der Waals surface area contributed by atoms with Crippen molar-refractivity contribution in [3.05, 3.63) is 84.1 Å². The molecule has 3 aromatic rings. The van der Waals surface area contributed by atoms with Gasteiger partial charge in [-0.25, -0.2) is 4.98 Å². The van der Waals surface area contributed by atoms with Gasteiger partial charge in [0.25, 0.3) is 5.91 Å². The summed E-state index contributed by atoms with van der Waals surface area (Å²) in [6.07, 6.45) is -2.66. The summed E-state index contributed by atoms with van der Waals surface area (Å²) in [4.78, 5) is 21.2. The first-order valence-electron chi connectivity index (χ1n) is 9.65. The first kappa shape index (κ1) is 19.9. The van der Waals surface area contributed by atoms with Gasteiger partial charge in [0.05, 0.1) is 5.56 Å². The minimum atomic E-state index is -4.41. The van der Waals surface area contributed by atoms with Crippen molar-refractivity contribution in [3.8, 4) is 11.1 Å². The number of carbonyl (C=O) groups is 1. The standard InChI is InChI=1S/C23H20F3N3O/c24-23(25,26)20-8-4-6-18(16-20)17-5-3-7-19(15-17)22(30)29-13-11-28(12-14-29)21-9-1-2-10-27-21/h1-10,15-16H,11-14H2. The Morgan fingerprint density at radius 3 is 2.20 bits per heavy atom. The largest absolute Gasteiger partial charge is 0.416 e. The number of amides is 1. The minimum absolute atomic E-state index is 0.121. The van der Waals surface area contributed by atoms with Crippen molar-refractivity contribution < 1.29 is 18.0 Å². The summed E-state index contributed by atoms with van der Waals surface area (Å²) in [5.74, 6) is 0.764. The van der Waals surface area contributed by atoms with Crippen LogP contribution in [0, 0.1) is 0 Å². The summed E-state index contributed by atoms with van der Waals surface area (Å²) in [6, 6.07) is 17.6. The van der Waals surface area contributed by atoms with Crippen LogP contribution in [-0.4, -0.2) is 42.0 Å². The number of benzene rings is 2. The summed E-state index contributed by atoms with van der Waals surface area (Å²) >= 11 is 0. The summed E-state index contributed by atoms with van der Waals surface area (Å²) in [5.41, 5.74) is 0.775. The van der Waals surface area contributed by atoms with Gasteiger partial charge >= 0.3 is 6.18 Å². The van der Waals surface area contributed by atoms with Crippen LogP contribution in [0.4, 0.5) is 19.0 Å². The SMILES string of the molecule is O=C(c1cccc(-c2cccc(C(F)(F)F)c2)c1)N1CCN(c2ccccn2)CC1. The van der Waals surface area contributed by atoms with Gasteiger partial charge in [-0.3, -0.25) is 4.79 Å². The number of halogens is 3. The minimum Gasteiger partial charge on any atom is -0.353 e. The highest BCUT2D eigenvalue weighted by Crippen LogP contribution is 2.32. The number of hydrogen-bond donors (Lipinski definition) is 0. The number of anilines is 1. The average Bonchev–Trinajstić information content (AvgIpc) is 2.79. The Kier molecular flexibility index (Phi) is 5.44. The van der Waals surface area contributed by atoms with E-state index in [9.17, 15) is 18.0 Å². The summed E-state index contributed by atoms with van der Waals surface area (Å²) in [6.45, 7) is 2.47. The Bertz CT molecular complexity index is 1030. The predicted molar refractivity (Wildman–Crippen MR) is 109 cm³/mol. The van der Waals surface area contributed by atoms with Crippen LogP contribution >= 0.6 is 0 Å². The molecular formula is C23H20F3N3O. The van der Waals surface area contributed by atoms with Crippen molar-refractivity contribution in [3.63, 3.8) is 0 Å². The molecule has 1 aliphatic heterocycles. The predicted octanol–water partition coefficient (Wildman–Crippen LogP) is 4.73. The second-order valence-corrected chi connectivity index (χ2v) is 7.13. The molecule has 1 saturated heterocycles. The molecule has 4 rings (SSSR count). The quantitative estimate of drug-likeness (QED) is 0.625. The smallest absolute Gasteiger partial charge is 0.353 e. The molecule has 1 fully saturated rings. The maximum atomic E-state index is 13.0. The lowest BCUT2D eigenvalue weighted by molar-refractivity contribution is -0.137. The van der Waals surface area contributed by atoms with Gasteiger partial charge in [0, 0.05) is 37.9 Å². The van der Waals surface area contributed by atoms with Crippen LogP contribution in [0.2, 0.25) is 0 Å². The maximum absolute atomic E-state index is 13.0. The van der Waals surface area contributed by atoms with E-state index in [4.69, 9.17) is 0 Å². The number of aromatic nitrogens is 1. The Labute approximate surface area is 172 Å². The number of carbonyl (C=O) groups excluding carboxylic acids is 1. The summed E-state index contributed by atoms with van der Waals surface area (Å²) in [5, 5.41) is 0. The fraction of sp³-hybridized carbons (Fsp3) is 0.217. The van der Waals surface area contributed by atoms with Crippen LogP contribution in [0.15, 0.2) is 72.9 Å². The van der Waals surface area contributed by atoms with Crippen molar-refractivity contribution in [1.82, 2.24) is 9.88 Å². The number of rotatable bonds is 3. The van der Waals surface area contributed by atoms with Crippen LogP contribution in [0.25, 0.3) is 11.1 Å². The highest BCUT2D eigenvalue weighted by Gasteiger charge is 2.30. The van der Waals surface area contributed by atoms with E-state index in [0.717, 1.165) is 18.0 Å². The lowest BCUT2D eigenvalue weighted by atomic mass is 10.0. The molecule has 1 aromatic heterocycles. The van der Waals surface area contributed by atoms with Gasteiger partial charge in [-0.15, -0.1) is 0 Å². The zero-order valence-corrected chi connectivity index (χ0v) is 16.1. The molecule has 1 amide bonds. The first-order valence-corrected chi connectivity index (χ1v) is 9.65. The van der Waals surface area contributed by atoms with E-state index < -0.39 is 11.7 Å². The summed E-state index contributed by atoms with van der Waals surface area (Å²) < 4.78 is 39.1. The Balaban J connectivity index is 1.49. The molecule has 2 aromatic carbocycles. The second-order valence-electron chi connectivity index (χ2n) is 7.13. The van der Waals surface area contributed by atoms with E-state index in [0.29, 0.717) is 42.9 Å². The molecular weight excluding hydrogens is 391 g/mol. The summed E-state index contributed by atoms with van der Waals surface area (Å²) in [7, 11) is 0. The van der Waals surface area contributed by atoms with Crippen LogP contribution in [-0.2, 0) is 6.18 Å². The van der Waals surface area contributed by atoms with E-state index in [2.05, 4.69) is 9.88 Å². The van der Waals surface area contributed by atoms with Gasteiger partial charge in [-0.05, 0) is 47.5 Å². The van der Waals surface area contributed by atoms with Crippen LogP contribution in [0.5, 0.6) is 0 Å². The molecule has 0 saturated carbocycles. The lowest BCUT2D eigenvalue weighted by Crippen LogP contribution is -2.49. The molecule has 0 spiro atoms. The Morgan fingerprint density at radius 1 is 0.833 bits per heavy atom. The monoisotopic (exact) mass is 411 g/mol. The first-order chi connectivity index (χ1) is 14.4. The number of piperazine rings is 1. The van der Waals surface area contributed by atoms with E-state index >= 15 is 0 Å². The highest BCUT2D eigenvalue weighted by molar-refractivity contribution is 5.95. The normalized spacial score (nSPS) is 14.6. The molecule has 2 heterocycles. The van der Waals surface area contributed by atoms with Crippen LogP contribution < -0.4 is 4.90 Å². The highest BCUT2D eigenvalue weighted by atomic mass is 19.4. The molecule has 7 heteroatoms. The van der Waals surface area contributed by atoms with Crippen LogP contribution in [0.3, 0.4) is 0 Å². The van der Waals surface area contributed by atoms with E-state index in [1.807, 2.05) is 18.2 Å². The van der Waals surface area contributed by atoms with Crippen molar-refractivity contribution in [1.29, 1.82) is 0 Å². The van der Waals surface area contributed by atoms with E-state index in [-0.39, 0.29) is 5.91 Å². The topological polar surface area (TPSA) is 36.4 Å². The van der Waals surface area contributed by atoms with Crippen LogP contribution in [0.1, 0.15) is 15.9 Å². The Hall–Kier alpha value is -3.35. The zero-order valence-electron chi connectivity index (χ0n) is 16.1. The van der Waals surface area contributed by atoms with Crippen molar-refractivity contribution in [2.45, 2.75) is 6.18 Å². The lowest BCUT2D eigenvalue weighted by Gasteiger charge is -2.35. The van der Waals surface area contributed by atoms with Gasteiger partial charge < -0.3 is 9.80 Å². The molecule has 1 aliphatic rings. The van der Waals surface area contributed by atoms with Gasteiger partial charge in [-0.2, -0.15) is 13.2 Å². The fourth-order valence-corrected chi connectivity index (χ4v) is 3.57. The number of nitrogens with zero attached hydrogens (tertiary/aromatic N) is 3. The molecule has 0 aliphatic carbocycles. The number of hydrogen-bond acceptors (Lipinski definition) is 3. The maximum Gasteiger partial charge on any atom is 0.416 e. The third-order valence-corrected chi connectivity index (χ3v) is 5.17. The fourth-order valence-electron chi connectivity index (χ4n) is 3.57. The molecule has 0 atom stereocenters. The van der Waals surface area contributed by atoms with Gasteiger partial charge in [0.15, 0.2) is 0 Å². The molecule has 0 N–H and O–H groups in total. The Morgan fingerprint density at radius 2 is 1.53 bits per heavy atom. The zero-order chi connectivity index (χ0) is 21.1. The number of alkyl halides is 3. The van der Waals surface area contributed by atoms with E-state index in [1.165, 1.54) is 6.07 Å². The number of pyridine rings is 1. The van der Waals surface area contributed by atoms with E-state index in [1.54, 1.807) is 41.4 Å².